The summed E-state index contributed by atoms with van der Waals surface area (Å²) in [6, 6.07) is 2.67. The maximum atomic E-state index is 13.3. The minimum Gasteiger partial charge on any atom is -0.249 e. The van der Waals surface area contributed by atoms with Crippen LogP contribution >= 0.6 is 11.3 Å². The largest absolute Gasteiger partial charge is 0.249 e. The Morgan fingerprint density at radius 2 is 2.09 bits per heavy atom. The summed E-state index contributed by atoms with van der Waals surface area (Å²) < 4.78 is 52.8. The smallest absolute Gasteiger partial charge is 0.243 e. The topological polar surface area (TPSA) is 50.3 Å². The van der Waals surface area contributed by atoms with Gasteiger partial charge in [0.15, 0.2) is 11.6 Å². The highest BCUT2D eigenvalue weighted by molar-refractivity contribution is 7.89. The molecule has 0 radical (unpaired) electrons. The minimum atomic E-state index is -3.82. The molecule has 3 rings (SSSR count). The van der Waals surface area contributed by atoms with Crippen LogP contribution in [-0.2, 0) is 10.0 Å². The highest BCUT2D eigenvalue weighted by Gasteiger charge is 2.32. The van der Waals surface area contributed by atoms with E-state index < -0.39 is 21.7 Å². The summed E-state index contributed by atoms with van der Waals surface area (Å²) in [7, 11) is -3.82. The van der Waals surface area contributed by atoms with Crippen LogP contribution in [0.2, 0.25) is 0 Å². The Morgan fingerprint density at radius 3 is 2.77 bits per heavy atom. The fourth-order valence-corrected chi connectivity index (χ4v) is 4.89. The SMILES string of the molecule is O=S(=O)(c1ccc(F)c(F)c1)N1CCCC(c2nccs2)C1. The van der Waals surface area contributed by atoms with E-state index >= 15 is 0 Å². The van der Waals surface area contributed by atoms with Gasteiger partial charge in [0.1, 0.15) is 0 Å². The van der Waals surface area contributed by atoms with Crippen LogP contribution in [0.15, 0.2) is 34.7 Å². The minimum absolute atomic E-state index is 0.0498. The number of hydrogen-bond acceptors (Lipinski definition) is 4. The Bertz CT molecular complexity index is 763. The molecular weight excluding hydrogens is 330 g/mol. The van der Waals surface area contributed by atoms with Crippen LogP contribution in [0.25, 0.3) is 0 Å². The first-order chi connectivity index (χ1) is 10.5. The molecule has 2 aromatic rings. The number of hydrogen-bond donors (Lipinski definition) is 0. The van der Waals surface area contributed by atoms with Crippen molar-refractivity contribution < 1.29 is 17.2 Å². The van der Waals surface area contributed by atoms with Gasteiger partial charge in [-0.2, -0.15) is 4.31 Å². The molecule has 1 saturated heterocycles. The van der Waals surface area contributed by atoms with Crippen molar-refractivity contribution in [2.75, 3.05) is 13.1 Å². The Balaban J connectivity index is 1.86. The maximum absolute atomic E-state index is 13.3. The molecule has 0 bridgehead atoms. The molecule has 22 heavy (non-hydrogen) atoms. The van der Waals surface area contributed by atoms with Crippen molar-refractivity contribution >= 4 is 21.4 Å². The molecule has 1 fully saturated rings. The van der Waals surface area contributed by atoms with Crippen molar-refractivity contribution in [3.8, 4) is 0 Å². The van der Waals surface area contributed by atoms with Crippen LogP contribution in [0.5, 0.6) is 0 Å². The normalized spacial score (nSPS) is 20.2. The second kappa shape index (κ2) is 6.02. The lowest BCUT2D eigenvalue weighted by atomic mass is 10.0. The number of halogens is 2. The van der Waals surface area contributed by atoms with E-state index in [2.05, 4.69) is 4.98 Å². The third-order valence-electron chi connectivity index (χ3n) is 3.71. The molecule has 1 aromatic heterocycles. The van der Waals surface area contributed by atoms with E-state index in [1.54, 1.807) is 6.20 Å². The first-order valence-corrected chi connectivity index (χ1v) is 9.15. The van der Waals surface area contributed by atoms with Gasteiger partial charge >= 0.3 is 0 Å². The van der Waals surface area contributed by atoms with E-state index in [0.717, 1.165) is 29.6 Å². The quantitative estimate of drug-likeness (QED) is 0.860. The number of rotatable bonds is 3. The molecule has 8 heteroatoms. The van der Waals surface area contributed by atoms with E-state index in [0.29, 0.717) is 19.5 Å². The maximum Gasteiger partial charge on any atom is 0.243 e. The predicted molar refractivity (Wildman–Crippen MR) is 79.2 cm³/mol. The second-order valence-corrected chi connectivity index (χ2v) is 8.01. The van der Waals surface area contributed by atoms with Crippen LogP contribution < -0.4 is 0 Å². The van der Waals surface area contributed by atoms with Gasteiger partial charge in [-0.3, -0.25) is 0 Å². The Hall–Kier alpha value is -1.38. The van der Waals surface area contributed by atoms with Crippen LogP contribution in [0.3, 0.4) is 0 Å². The Morgan fingerprint density at radius 1 is 1.27 bits per heavy atom. The average Bonchev–Trinajstić information content (AvgIpc) is 3.04. The van der Waals surface area contributed by atoms with Gasteiger partial charge in [0.2, 0.25) is 10.0 Å². The van der Waals surface area contributed by atoms with Crippen molar-refractivity contribution in [2.24, 2.45) is 0 Å². The highest BCUT2D eigenvalue weighted by atomic mass is 32.2. The standard InChI is InChI=1S/C14H14F2N2O2S2/c15-12-4-3-11(8-13(12)16)22(19,20)18-6-1-2-10(9-18)14-17-5-7-21-14/h3-5,7-8,10H,1-2,6,9H2. The lowest BCUT2D eigenvalue weighted by Crippen LogP contribution is -2.39. The predicted octanol–water partition coefficient (Wildman–Crippen LogP) is 2.99. The molecule has 0 aliphatic carbocycles. The van der Waals surface area contributed by atoms with Gasteiger partial charge < -0.3 is 0 Å². The molecular formula is C14H14F2N2O2S2. The van der Waals surface area contributed by atoms with Gasteiger partial charge in [-0.05, 0) is 31.0 Å². The second-order valence-electron chi connectivity index (χ2n) is 5.15. The molecule has 0 saturated carbocycles. The summed E-state index contributed by atoms with van der Waals surface area (Å²) in [5.41, 5.74) is 0. The van der Waals surface area contributed by atoms with Gasteiger partial charge in [-0.15, -0.1) is 11.3 Å². The zero-order chi connectivity index (χ0) is 15.7. The van der Waals surface area contributed by atoms with Crippen molar-refractivity contribution in [1.29, 1.82) is 0 Å². The summed E-state index contributed by atoms with van der Waals surface area (Å²) in [6.07, 6.45) is 3.28. The Labute approximate surface area is 131 Å². The first kappa shape index (κ1) is 15.5. The summed E-state index contributed by atoms with van der Waals surface area (Å²) in [6.45, 7) is 0.693. The summed E-state index contributed by atoms with van der Waals surface area (Å²) in [5.74, 6) is -2.17. The number of sulfonamides is 1. The zero-order valence-electron chi connectivity index (χ0n) is 11.6. The number of nitrogens with zero attached hydrogens (tertiary/aromatic N) is 2. The lowest BCUT2D eigenvalue weighted by Gasteiger charge is -2.31. The lowest BCUT2D eigenvalue weighted by molar-refractivity contribution is 0.315. The Kier molecular flexibility index (Phi) is 4.24. The molecule has 4 nitrogen and oxygen atoms in total. The molecule has 0 amide bonds. The van der Waals surface area contributed by atoms with Crippen LogP contribution in [0.4, 0.5) is 8.78 Å². The molecule has 2 heterocycles. The molecule has 118 valence electrons. The fourth-order valence-electron chi connectivity index (χ4n) is 2.58. The van der Waals surface area contributed by atoms with Crippen molar-refractivity contribution in [2.45, 2.75) is 23.7 Å². The van der Waals surface area contributed by atoms with E-state index in [-0.39, 0.29) is 10.8 Å². The van der Waals surface area contributed by atoms with Crippen LogP contribution in [0.1, 0.15) is 23.8 Å². The van der Waals surface area contributed by atoms with Crippen molar-refractivity contribution in [3.63, 3.8) is 0 Å². The molecule has 0 N–H and O–H groups in total. The van der Waals surface area contributed by atoms with E-state index in [4.69, 9.17) is 0 Å². The third-order valence-corrected chi connectivity index (χ3v) is 6.51. The first-order valence-electron chi connectivity index (χ1n) is 6.83. The van der Waals surface area contributed by atoms with Gasteiger partial charge in [0, 0.05) is 30.6 Å². The van der Waals surface area contributed by atoms with Gasteiger partial charge in [0.05, 0.1) is 9.90 Å². The highest BCUT2D eigenvalue weighted by Crippen LogP contribution is 2.31. The number of benzene rings is 1. The van der Waals surface area contributed by atoms with Crippen molar-refractivity contribution in [3.05, 3.63) is 46.4 Å². The summed E-state index contributed by atoms with van der Waals surface area (Å²) >= 11 is 1.50. The van der Waals surface area contributed by atoms with Crippen molar-refractivity contribution in [1.82, 2.24) is 9.29 Å². The monoisotopic (exact) mass is 344 g/mol. The number of aromatic nitrogens is 1. The summed E-state index contributed by atoms with van der Waals surface area (Å²) in [4.78, 5) is 4.03. The zero-order valence-corrected chi connectivity index (χ0v) is 13.2. The average molecular weight is 344 g/mol. The molecule has 0 spiro atoms. The number of thiazole rings is 1. The van der Waals surface area contributed by atoms with E-state index in [1.165, 1.54) is 15.6 Å². The van der Waals surface area contributed by atoms with E-state index in [9.17, 15) is 17.2 Å². The molecule has 1 unspecified atom stereocenters. The van der Waals surface area contributed by atoms with Gasteiger partial charge in [-0.25, -0.2) is 22.2 Å². The molecule has 1 aliphatic heterocycles. The summed E-state index contributed by atoms with van der Waals surface area (Å²) in [5, 5.41) is 2.77. The fraction of sp³-hybridized carbons (Fsp3) is 0.357. The molecule has 1 aromatic carbocycles. The van der Waals surface area contributed by atoms with Crippen LogP contribution in [-0.4, -0.2) is 30.8 Å². The molecule has 1 atom stereocenters. The number of piperidine rings is 1. The van der Waals surface area contributed by atoms with Gasteiger partial charge in [-0.1, -0.05) is 0 Å². The van der Waals surface area contributed by atoms with Gasteiger partial charge in [0.25, 0.3) is 0 Å². The van der Waals surface area contributed by atoms with Crippen LogP contribution in [0, 0.1) is 11.6 Å². The molecule has 1 aliphatic rings. The third kappa shape index (κ3) is 2.90. The van der Waals surface area contributed by atoms with E-state index in [1.807, 2.05) is 5.38 Å².